The van der Waals surface area contributed by atoms with Crippen LogP contribution in [0.25, 0.3) is 0 Å². The summed E-state index contributed by atoms with van der Waals surface area (Å²) in [6.07, 6.45) is 0. The normalized spacial score (nSPS) is 10.8. The molecule has 0 aliphatic rings. The second-order valence-electron chi connectivity index (χ2n) is 6.89. The van der Waals surface area contributed by atoms with E-state index < -0.39 is 0 Å². The van der Waals surface area contributed by atoms with Gasteiger partial charge in [0.1, 0.15) is 18.1 Å². The Bertz CT molecular complexity index is 1010. The lowest BCUT2D eigenvalue weighted by atomic mass is 9.99. The second-order valence-corrected chi connectivity index (χ2v) is 7.83. The Balaban J connectivity index is 1.60. The predicted molar refractivity (Wildman–Crippen MR) is 114 cm³/mol. The molecule has 7 heteroatoms. The third-order valence-corrected chi connectivity index (χ3v) is 5.85. The van der Waals surface area contributed by atoms with Crippen LogP contribution in [0.4, 0.5) is 0 Å². The fourth-order valence-electron chi connectivity index (χ4n) is 2.89. The van der Waals surface area contributed by atoms with Crippen molar-refractivity contribution in [2.24, 2.45) is 7.05 Å². The molecule has 0 N–H and O–H groups in total. The zero-order chi connectivity index (χ0) is 21.0. The molecule has 0 atom stereocenters. The number of methoxy groups -OCH3 is 1. The van der Waals surface area contributed by atoms with Crippen molar-refractivity contribution < 1.29 is 14.3 Å². The molecule has 1 heterocycles. The quantitative estimate of drug-likeness (QED) is 0.407. The largest absolute Gasteiger partial charge is 0.497 e. The average molecular weight is 412 g/mol. The molecule has 152 valence electrons. The number of rotatable bonds is 8. The van der Waals surface area contributed by atoms with Gasteiger partial charge in [-0.1, -0.05) is 17.8 Å². The van der Waals surface area contributed by atoms with Crippen molar-refractivity contribution in [3.05, 3.63) is 64.5 Å². The number of hydrogen-bond acceptors (Lipinski definition) is 6. The number of carbonyl (C=O) groups excluding carboxylic acids is 1. The molecular weight excluding hydrogens is 386 g/mol. The zero-order valence-corrected chi connectivity index (χ0v) is 18.2. The van der Waals surface area contributed by atoms with Gasteiger partial charge in [0.15, 0.2) is 16.8 Å². The second kappa shape index (κ2) is 9.13. The first-order chi connectivity index (χ1) is 13.9. The van der Waals surface area contributed by atoms with Crippen LogP contribution in [0, 0.1) is 20.8 Å². The van der Waals surface area contributed by atoms with E-state index in [9.17, 15) is 4.79 Å². The van der Waals surface area contributed by atoms with E-state index >= 15 is 0 Å². The molecule has 6 nitrogen and oxygen atoms in total. The molecule has 2 aromatic carbocycles. The topological polar surface area (TPSA) is 66.2 Å². The highest BCUT2D eigenvalue weighted by Crippen LogP contribution is 2.22. The first kappa shape index (κ1) is 20.9. The number of ether oxygens (including phenoxy) is 2. The van der Waals surface area contributed by atoms with E-state index in [1.807, 2.05) is 55.8 Å². The minimum absolute atomic E-state index is 0.0923. The molecule has 0 saturated heterocycles. The fraction of sp³-hybridized carbons (Fsp3) is 0.318. The molecule has 0 radical (unpaired) electrons. The van der Waals surface area contributed by atoms with E-state index in [1.165, 1.54) is 17.3 Å². The zero-order valence-electron chi connectivity index (χ0n) is 17.4. The van der Waals surface area contributed by atoms with Crippen LogP contribution >= 0.6 is 11.8 Å². The van der Waals surface area contributed by atoms with Crippen LogP contribution in [0.1, 0.15) is 32.9 Å². The monoisotopic (exact) mass is 411 g/mol. The van der Waals surface area contributed by atoms with Gasteiger partial charge >= 0.3 is 0 Å². The van der Waals surface area contributed by atoms with E-state index in [2.05, 4.69) is 23.2 Å². The maximum atomic E-state index is 12.7. The van der Waals surface area contributed by atoms with Crippen LogP contribution in [0.3, 0.4) is 0 Å². The molecule has 1 aromatic heterocycles. The summed E-state index contributed by atoms with van der Waals surface area (Å²) in [7, 11) is 3.50. The van der Waals surface area contributed by atoms with Crippen LogP contribution in [0.2, 0.25) is 0 Å². The molecule has 29 heavy (non-hydrogen) atoms. The van der Waals surface area contributed by atoms with Crippen molar-refractivity contribution in [2.75, 3.05) is 12.9 Å². The summed E-state index contributed by atoms with van der Waals surface area (Å²) in [6.45, 7) is 6.35. The minimum Gasteiger partial charge on any atom is -0.497 e. The molecule has 0 aliphatic heterocycles. The van der Waals surface area contributed by atoms with Gasteiger partial charge in [0.25, 0.3) is 0 Å². The number of ketones is 1. The molecule has 0 bridgehead atoms. The summed E-state index contributed by atoms with van der Waals surface area (Å²) in [5.41, 5.74) is 4.10. The fourth-order valence-corrected chi connectivity index (χ4v) is 3.70. The van der Waals surface area contributed by atoms with Crippen molar-refractivity contribution in [3.8, 4) is 11.5 Å². The molecular formula is C22H25N3O3S. The van der Waals surface area contributed by atoms with Crippen molar-refractivity contribution in [1.82, 2.24) is 14.8 Å². The summed E-state index contributed by atoms with van der Waals surface area (Å²) in [6, 6.07) is 11.4. The summed E-state index contributed by atoms with van der Waals surface area (Å²) in [5, 5.41) is 9.08. The molecule has 3 aromatic rings. The number of aryl methyl sites for hydroxylation is 3. The third kappa shape index (κ3) is 4.98. The summed E-state index contributed by atoms with van der Waals surface area (Å²) >= 11 is 1.38. The lowest BCUT2D eigenvalue weighted by Gasteiger charge is -2.09. The predicted octanol–water partition coefficient (Wildman–Crippen LogP) is 4.30. The van der Waals surface area contributed by atoms with Crippen molar-refractivity contribution in [1.29, 1.82) is 0 Å². The number of Topliss-reactive ketones (excluding diaryl/α,β-unsaturated/α-hetero) is 1. The summed E-state index contributed by atoms with van der Waals surface area (Å²) in [4.78, 5) is 12.7. The molecule has 0 spiro atoms. The first-order valence-corrected chi connectivity index (χ1v) is 10.3. The van der Waals surface area contributed by atoms with Gasteiger partial charge in [-0.05, 0) is 67.8 Å². The van der Waals surface area contributed by atoms with Crippen LogP contribution in [0.15, 0.2) is 41.6 Å². The summed E-state index contributed by atoms with van der Waals surface area (Å²) < 4.78 is 12.8. The molecule has 0 fully saturated rings. The SMILES string of the molecule is COc1ccc(OCc2nnc(SCC(=O)c3cc(C)c(C)cc3C)n2C)cc1. The highest BCUT2D eigenvalue weighted by Gasteiger charge is 2.15. The van der Waals surface area contributed by atoms with Gasteiger partial charge in [-0.25, -0.2) is 0 Å². The lowest BCUT2D eigenvalue weighted by molar-refractivity contribution is 0.102. The Morgan fingerprint density at radius 3 is 2.34 bits per heavy atom. The van der Waals surface area contributed by atoms with Gasteiger partial charge < -0.3 is 14.0 Å². The van der Waals surface area contributed by atoms with E-state index in [0.29, 0.717) is 23.3 Å². The van der Waals surface area contributed by atoms with Crippen LogP contribution in [0.5, 0.6) is 11.5 Å². The average Bonchev–Trinajstić information content (AvgIpc) is 3.07. The Labute approximate surface area is 175 Å². The van der Waals surface area contributed by atoms with Crippen LogP contribution in [-0.4, -0.2) is 33.4 Å². The van der Waals surface area contributed by atoms with E-state index in [1.54, 1.807) is 7.11 Å². The van der Waals surface area contributed by atoms with E-state index in [4.69, 9.17) is 9.47 Å². The minimum atomic E-state index is 0.0923. The Kier molecular flexibility index (Phi) is 6.59. The first-order valence-electron chi connectivity index (χ1n) is 9.28. The maximum absolute atomic E-state index is 12.7. The Morgan fingerprint density at radius 1 is 1.00 bits per heavy atom. The highest BCUT2D eigenvalue weighted by molar-refractivity contribution is 7.99. The Hall–Kier alpha value is -2.80. The van der Waals surface area contributed by atoms with Crippen LogP contribution in [-0.2, 0) is 13.7 Å². The Morgan fingerprint density at radius 2 is 1.66 bits per heavy atom. The van der Waals surface area contributed by atoms with Gasteiger partial charge in [-0.15, -0.1) is 10.2 Å². The van der Waals surface area contributed by atoms with Gasteiger partial charge in [0.2, 0.25) is 0 Å². The number of benzene rings is 2. The smallest absolute Gasteiger partial charge is 0.191 e. The number of aromatic nitrogens is 3. The van der Waals surface area contributed by atoms with E-state index in [-0.39, 0.29) is 5.78 Å². The van der Waals surface area contributed by atoms with E-state index in [0.717, 1.165) is 28.2 Å². The molecule has 0 unspecified atom stereocenters. The highest BCUT2D eigenvalue weighted by atomic mass is 32.2. The molecule has 0 aliphatic carbocycles. The third-order valence-electron chi connectivity index (χ3n) is 4.83. The van der Waals surface area contributed by atoms with Gasteiger partial charge in [0.05, 0.1) is 12.9 Å². The summed E-state index contributed by atoms with van der Waals surface area (Å²) in [5.74, 6) is 2.60. The molecule has 0 amide bonds. The van der Waals surface area contributed by atoms with Crippen molar-refractivity contribution in [3.63, 3.8) is 0 Å². The number of carbonyl (C=O) groups is 1. The molecule has 3 rings (SSSR count). The lowest BCUT2D eigenvalue weighted by Crippen LogP contribution is -2.08. The van der Waals surface area contributed by atoms with Crippen molar-refractivity contribution >= 4 is 17.5 Å². The van der Waals surface area contributed by atoms with Gasteiger partial charge in [-0.2, -0.15) is 0 Å². The molecule has 0 saturated carbocycles. The van der Waals surface area contributed by atoms with Gasteiger partial charge in [0, 0.05) is 12.6 Å². The standard InChI is InChI=1S/C22H25N3O3S/c1-14-10-16(3)19(11-15(14)2)20(26)13-29-22-24-23-21(25(22)4)12-28-18-8-6-17(27-5)7-9-18/h6-11H,12-13H2,1-5H3. The number of hydrogen-bond donors (Lipinski definition) is 0. The number of nitrogens with zero attached hydrogens (tertiary/aromatic N) is 3. The van der Waals surface area contributed by atoms with Crippen molar-refractivity contribution in [2.45, 2.75) is 32.5 Å². The maximum Gasteiger partial charge on any atom is 0.191 e. The number of thioether (sulfide) groups is 1. The van der Waals surface area contributed by atoms with Crippen LogP contribution < -0.4 is 9.47 Å². The van der Waals surface area contributed by atoms with Gasteiger partial charge in [-0.3, -0.25) is 4.79 Å².